The molecule has 2 aromatic heterocycles. The van der Waals surface area contributed by atoms with E-state index in [0.717, 1.165) is 16.7 Å². The summed E-state index contributed by atoms with van der Waals surface area (Å²) >= 11 is 0. The van der Waals surface area contributed by atoms with Gasteiger partial charge in [-0.1, -0.05) is 12.1 Å². The van der Waals surface area contributed by atoms with E-state index in [0.29, 0.717) is 12.1 Å². The molecule has 1 N–H and O–H groups in total. The number of nitrogens with zero attached hydrogens (tertiary/aromatic N) is 5. The quantitative estimate of drug-likeness (QED) is 0.773. The Labute approximate surface area is 113 Å². The lowest BCUT2D eigenvalue weighted by Crippen LogP contribution is -2.06. The number of fused-ring (bicyclic) bond motifs is 1. The van der Waals surface area contributed by atoms with Crippen molar-refractivity contribution < 1.29 is 9.90 Å². The van der Waals surface area contributed by atoms with Crippen LogP contribution in [0.25, 0.3) is 16.7 Å². The molecule has 0 bridgehead atoms. The summed E-state index contributed by atoms with van der Waals surface area (Å²) in [4.78, 5) is 19.5. The Morgan fingerprint density at radius 3 is 2.70 bits per heavy atom. The summed E-state index contributed by atoms with van der Waals surface area (Å²) in [6.07, 6.45) is 3.75. The summed E-state index contributed by atoms with van der Waals surface area (Å²) in [6.45, 7) is 1.86. The Morgan fingerprint density at radius 2 is 2.00 bits per heavy atom. The molecule has 0 saturated carbocycles. The maximum atomic E-state index is 11.1. The third-order valence-corrected chi connectivity index (χ3v) is 3.00. The van der Waals surface area contributed by atoms with Gasteiger partial charge in [0.15, 0.2) is 5.69 Å². The molecule has 20 heavy (non-hydrogen) atoms. The van der Waals surface area contributed by atoms with Crippen LogP contribution in [-0.2, 0) is 6.42 Å². The van der Waals surface area contributed by atoms with Gasteiger partial charge in [0.2, 0.25) is 0 Å². The lowest BCUT2D eigenvalue weighted by atomic mass is 10.2. The van der Waals surface area contributed by atoms with Crippen molar-refractivity contribution in [1.29, 1.82) is 0 Å². The first-order chi connectivity index (χ1) is 9.70. The monoisotopic (exact) mass is 269 g/mol. The van der Waals surface area contributed by atoms with E-state index in [1.807, 2.05) is 25.1 Å². The zero-order chi connectivity index (χ0) is 14.1. The van der Waals surface area contributed by atoms with E-state index in [9.17, 15) is 4.79 Å². The Kier molecular flexibility index (Phi) is 2.86. The number of hydrogen-bond donors (Lipinski definition) is 1. The highest BCUT2D eigenvalue weighted by atomic mass is 16.4. The van der Waals surface area contributed by atoms with Gasteiger partial charge in [-0.05, 0) is 24.6 Å². The molecule has 1 aromatic carbocycles. The van der Waals surface area contributed by atoms with E-state index >= 15 is 0 Å². The van der Waals surface area contributed by atoms with Gasteiger partial charge in [0, 0.05) is 12.4 Å². The Morgan fingerprint density at radius 1 is 1.25 bits per heavy atom. The molecule has 0 unspecified atom stereocenters. The first-order valence-corrected chi connectivity index (χ1v) is 6.09. The number of rotatable bonds is 3. The van der Waals surface area contributed by atoms with Gasteiger partial charge in [0.25, 0.3) is 0 Å². The first kappa shape index (κ1) is 12.2. The molecule has 3 aromatic rings. The van der Waals surface area contributed by atoms with Crippen LogP contribution in [0.2, 0.25) is 0 Å². The summed E-state index contributed by atoms with van der Waals surface area (Å²) < 4.78 is 1.53. The minimum absolute atomic E-state index is 0.0215. The van der Waals surface area contributed by atoms with Gasteiger partial charge >= 0.3 is 5.97 Å². The summed E-state index contributed by atoms with van der Waals surface area (Å²) in [7, 11) is 0. The second-order valence-corrected chi connectivity index (χ2v) is 4.18. The molecule has 7 nitrogen and oxygen atoms in total. The third-order valence-electron chi connectivity index (χ3n) is 3.00. The average molecular weight is 269 g/mol. The molecule has 0 saturated heterocycles. The summed E-state index contributed by atoms with van der Waals surface area (Å²) in [5, 5.41) is 16.7. The molecule has 100 valence electrons. The van der Waals surface area contributed by atoms with Crippen molar-refractivity contribution in [1.82, 2.24) is 25.0 Å². The fourth-order valence-electron chi connectivity index (χ4n) is 2.08. The normalized spacial score (nSPS) is 10.8. The molecular formula is C13H11N5O2. The van der Waals surface area contributed by atoms with Crippen molar-refractivity contribution in [2.75, 3.05) is 0 Å². The van der Waals surface area contributed by atoms with Crippen LogP contribution in [0.3, 0.4) is 0 Å². The second-order valence-electron chi connectivity index (χ2n) is 4.18. The molecule has 0 aliphatic rings. The molecule has 0 fully saturated rings. The third kappa shape index (κ3) is 1.89. The van der Waals surface area contributed by atoms with Crippen LogP contribution >= 0.6 is 0 Å². The number of carbonyl (C=O) groups is 1. The maximum absolute atomic E-state index is 11.1. The van der Waals surface area contributed by atoms with Crippen molar-refractivity contribution in [3.63, 3.8) is 0 Å². The summed E-state index contributed by atoms with van der Waals surface area (Å²) in [5.74, 6) is -1.08. The average Bonchev–Trinajstić information content (AvgIpc) is 2.90. The molecule has 3 rings (SSSR count). The van der Waals surface area contributed by atoms with Crippen LogP contribution in [0.5, 0.6) is 0 Å². The summed E-state index contributed by atoms with van der Waals surface area (Å²) in [6, 6.07) is 5.44. The highest BCUT2D eigenvalue weighted by Gasteiger charge is 2.18. The van der Waals surface area contributed by atoms with Crippen LogP contribution in [0.4, 0.5) is 0 Å². The Hall–Kier alpha value is -2.83. The van der Waals surface area contributed by atoms with E-state index in [-0.39, 0.29) is 5.69 Å². The molecule has 2 heterocycles. The van der Waals surface area contributed by atoms with Crippen molar-refractivity contribution in [2.45, 2.75) is 13.3 Å². The zero-order valence-corrected chi connectivity index (χ0v) is 10.7. The molecule has 0 spiro atoms. The highest BCUT2D eigenvalue weighted by molar-refractivity contribution is 5.86. The fraction of sp³-hybridized carbons (Fsp3) is 0.154. The van der Waals surface area contributed by atoms with Crippen molar-refractivity contribution in [3.05, 3.63) is 42.0 Å². The highest BCUT2D eigenvalue weighted by Crippen LogP contribution is 2.17. The lowest BCUT2D eigenvalue weighted by Gasteiger charge is -2.05. The zero-order valence-electron chi connectivity index (χ0n) is 10.7. The largest absolute Gasteiger partial charge is 0.476 e. The number of benzene rings is 1. The topological polar surface area (TPSA) is 93.8 Å². The number of aromatic nitrogens is 5. The van der Waals surface area contributed by atoms with Gasteiger partial charge in [0.1, 0.15) is 0 Å². The van der Waals surface area contributed by atoms with E-state index in [1.165, 1.54) is 4.68 Å². The molecule has 0 radical (unpaired) electrons. The number of carboxylic acid groups (broad SMARTS) is 1. The minimum atomic E-state index is -1.08. The molecule has 0 amide bonds. The SMILES string of the molecule is CCc1c(C(=O)O)nnn1-c1ccc2nccnc2c1. The molecular weight excluding hydrogens is 258 g/mol. The second kappa shape index (κ2) is 4.69. The predicted molar refractivity (Wildman–Crippen MR) is 70.8 cm³/mol. The lowest BCUT2D eigenvalue weighted by molar-refractivity contribution is 0.0689. The van der Waals surface area contributed by atoms with Crippen LogP contribution in [0, 0.1) is 0 Å². The van der Waals surface area contributed by atoms with E-state index in [2.05, 4.69) is 20.3 Å². The fourth-order valence-corrected chi connectivity index (χ4v) is 2.08. The van der Waals surface area contributed by atoms with Crippen LogP contribution < -0.4 is 0 Å². The van der Waals surface area contributed by atoms with Gasteiger partial charge in [-0.2, -0.15) is 0 Å². The van der Waals surface area contributed by atoms with Gasteiger partial charge in [-0.3, -0.25) is 9.97 Å². The molecule has 0 aliphatic carbocycles. The van der Waals surface area contributed by atoms with Gasteiger partial charge in [-0.15, -0.1) is 5.10 Å². The predicted octanol–water partition coefficient (Wildman–Crippen LogP) is 1.47. The molecule has 0 atom stereocenters. The van der Waals surface area contributed by atoms with Crippen molar-refractivity contribution in [2.24, 2.45) is 0 Å². The Bertz CT molecular complexity index is 796. The Balaban J connectivity index is 2.18. The van der Waals surface area contributed by atoms with Gasteiger partial charge in [0.05, 0.1) is 22.4 Å². The van der Waals surface area contributed by atoms with Gasteiger partial charge in [-0.25, -0.2) is 9.48 Å². The minimum Gasteiger partial charge on any atom is -0.476 e. The maximum Gasteiger partial charge on any atom is 0.358 e. The number of aromatic carboxylic acids is 1. The van der Waals surface area contributed by atoms with Crippen LogP contribution in [0.15, 0.2) is 30.6 Å². The summed E-state index contributed by atoms with van der Waals surface area (Å²) in [5.41, 5.74) is 2.75. The van der Waals surface area contributed by atoms with E-state index in [4.69, 9.17) is 5.11 Å². The smallest absolute Gasteiger partial charge is 0.358 e. The number of carboxylic acids is 1. The van der Waals surface area contributed by atoms with E-state index < -0.39 is 5.97 Å². The molecule has 7 heteroatoms. The van der Waals surface area contributed by atoms with Crippen LogP contribution in [0.1, 0.15) is 23.1 Å². The van der Waals surface area contributed by atoms with Gasteiger partial charge < -0.3 is 5.11 Å². The van der Waals surface area contributed by atoms with E-state index in [1.54, 1.807) is 12.4 Å². The molecule has 0 aliphatic heterocycles. The number of hydrogen-bond acceptors (Lipinski definition) is 5. The van der Waals surface area contributed by atoms with Crippen molar-refractivity contribution >= 4 is 17.0 Å². The van der Waals surface area contributed by atoms with Crippen LogP contribution in [-0.4, -0.2) is 36.0 Å². The standard InChI is InChI=1S/C13H11N5O2/c1-2-11-12(13(19)20)16-17-18(11)8-3-4-9-10(7-8)15-6-5-14-9/h3-7H,2H2,1H3,(H,19,20). The first-order valence-electron chi connectivity index (χ1n) is 6.09. The van der Waals surface area contributed by atoms with Crippen molar-refractivity contribution in [3.8, 4) is 5.69 Å².